The van der Waals surface area contributed by atoms with Crippen LogP contribution in [0.25, 0.3) is 0 Å². The van der Waals surface area contributed by atoms with Gasteiger partial charge in [0, 0.05) is 18.0 Å². The molecule has 1 aromatic carbocycles. The van der Waals surface area contributed by atoms with E-state index in [9.17, 15) is 4.79 Å². The highest BCUT2D eigenvalue weighted by molar-refractivity contribution is 5.74. The van der Waals surface area contributed by atoms with E-state index in [0.717, 1.165) is 5.56 Å². The monoisotopic (exact) mass is 208 g/mol. The first kappa shape index (κ1) is 11.5. The minimum atomic E-state index is -0.409. The Morgan fingerprint density at radius 2 is 2.13 bits per heavy atom. The summed E-state index contributed by atoms with van der Waals surface area (Å²) in [5, 5.41) is 0. The van der Waals surface area contributed by atoms with Crippen molar-refractivity contribution in [2.45, 2.75) is 19.4 Å². The Hall–Kier alpha value is -1.55. The molecule has 1 rings (SSSR count). The Balaban J connectivity index is 2.86. The summed E-state index contributed by atoms with van der Waals surface area (Å²) in [5.74, 6) is 0.308. The number of amides is 1. The average Bonchev–Trinajstić information content (AvgIpc) is 2.18. The number of carbonyl (C=O) groups is 1. The number of nitrogens with two attached hydrogens (primary N) is 2. The van der Waals surface area contributed by atoms with Crippen LogP contribution in [0, 0.1) is 0 Å². The lowest BCUT2D eigenvalue weighted by atomic mass is 10.0. The van der Waals surface area contributed by atoms with Crippen molar-refractivity contribution in [3.05, 3.63) is 29.8 Å². The van der Waals surface area contributed by atoms with E-state index in [2.05, 4.69) is 0 Å². The number of carbonyl (C=O) groups excluding carboxylic acids is 1. The summed E-state index contributed by atoms with van der Waals surface area (Å²) < 4.78 is 5.41. The van der Waals surface area contributed by atoms with Gasteiger partial charge in [-0.1, -0.05) is 18.2 Å². The van der Waals surface area contributed by atoms with Crippen LogP contribution >= 0.6 is 0 Å². The SMILES string of the molecule is CCOc1ccccc1[C@@H](N)CC(N)=O. The smallest absolute Gasteiger partial charge is 0.219 e. The zero-order valence-electron chi connectivity index (χ0n) is 8.77. The van der Waals surface area contributed by atoms with Gasteiger partial charge in [0.05, 0.1) is 6.61 Å². The van der Waals surface area contributed by atoms with Gasteiger partial charge in [0.15, 0.2) is 0 Å². The summed E-state index contributed by atoms with van der Waals surface area (Å²) >= 11 is 0. The third kappa shape index (κ3) is 3.25. The van der Waals surface area contributed by atoms with Crippen LogP contribution in [0.4, 0.5) is 0 Å². The molecule has 1 amide bonds. The third-order valence-corrected chi connectivity index (χ3v) is 2.04. The van der Waals surface area contributed by atoms with Gasteiger partial charge in [-0.3, -0.25) is 4.79 Å². The number of ether oxygens (including phenoxy) is 1. The van der Waals surface area contributed by atoms with Gasteiger partial charge in [0.2, 0.25) is 5.91 Å². The van der Waals surface area contributed by atoms with Crippen molar-refractivity contribution in [3.8, 4) is 5.75 Å². The first-order chi connectivity index (χ1) is 7.15. The molecule has 0 unspecified atom stereocenters. The van der Waals surface area contributed by atoms with Crippen LogP contribution in [0.15, 0.2) is 24.3 Å². The largest absolute Gasteiger partial charge is 0.494 e. The molecule has 1 atom stereocenters. The van der Waals surface area contributed by atoms with Gasteiger partial charge in [0.1, 0.15) is 5.75 Å². The number of hydrogen-bond donors (Lipinski definition) is 2. The van der Waals surface area contributed by atoms with Gasteiger partial charge < -0.3 is 16.2 Å². The lowest BCUT2D eigenvalue weighted by molar-refractivity contribution is -0.118. The van der Waals surface area contributed by atoms with Crippen LogP contribution in [-0.2, 0) is 4.79 Å². The van der Waals surface area contributed by atoms with Crippen LogP contribution in [0.3, 0.4) is 0 Å². The molecule has 0 saturated carbocycles. The molecule has 0 aromatic heterocycles. The minimum Gasteiger partial charge on any atom is -0.494 e. The van der Waals surface area contributed by atoms with Crippen molar-refractivity contribution < 1.29 is 9.53 Å². The maximum atomic E-state index is 10.8. The van der Waals surface area contributed by atoms with Crippen molar-refractivity contribution in [1.29, 1.82) is 0 Å². The van der Waals surface area contributed by atoms with Crippen molar-refractivity contribution in [3.63, 3.8) is 0 Å². The molecular weight excluding hydrogens is 192 g/mol. The van der Waals surface area contributed by atoms with E-state index in [1.807, 2.05) is 31.2 Å². The zero-order chi connectivity index (χ0) is 11.3. The van der Waals surface area contributed by atoms with E-state index in [4.69, 9.17) is 16.2 Å². The van der Waals surface area contributed by atoms with Crippen LogP contribution < -0.4 is 16.2 Å². The Kier molecular flexibility index (Phi) is 4.12. The topological polar surface area (TPSA) is 78.3 Å². The normalized spacial score (nSPS) is 12.1. The maximum absolute atomic E-state index is 10.8. The lowest BCUT2D eigenvalue weighted by Gasteiger charge is -2.14. The summed E-state index contributed by atoms with van der Waals surface area (Å²) in [7, 11) is 0. The summed E-state index contributed by atoms with van der Waals surface area (Å²) in [6.45, 7) is 2.47. The van der Waals surface area contributed by atoms with Crippen LogP contribution in [-0.4, -0.2) is 12.5 Å². The molecule has 0 fully saturated rings. The van der Waals surface area contributed by atoms with Crippen LogP contribution in [0.5, 0.6) is 5.75 Å². The molecule has 0 radical (unpaired) electrons. The van der Waals surface area contributed by atoms with Gasteiger partial charge in [-0.25, -0.2) is 0 Å². The van der Waals surface area contributed by atoms with Crippen molar-refractivity contribution >= 4 is 5.91 Å². The van der Waals surface area contributed by atoms with E-state index in [1.165, 1.54) is 0 Å². The Morgan fingerprint density at radius 1 is 1.47 bits per heavy atom. The van der Waals surface area contributed by atoms with E-state index >= 15 is 0 Å². The first-order valence-electron chi connectivity index (χ1n) is 4.90. The van der Waals surface area contributed by atoms with Crippen molar-refractivity contribution in [1.82, 2.24) is 0 Å². The van der Waals surface area contributed by atoms with E-state index in [0.29, 0.717) is 12.4 Å². The quantitative estimate of drug-likeness (QED) is 0.756. The Morgan fingerprint density at radius 3 is 2.73 bits per heavy atom. The molecular formula is C11H16N2O2. The Labute approximate surface area is 89.2 Å². The first-order valence-corrected chi connectivity index (χ1v) is 4.90. The van der Waals surface area contributed by atoms with Gasteiger partial charge in [0.25, 0.3) is 0 Å². The molecule has 82 valence electrons. The highest BCUT2D eigenvalue weighted by Gasteiger charge is 2.13. The lowest BCUT2D eigenvalue weighted by Crippen LogP contribution is -2.21. The summed E-state index contributed by atoms with van der Waals surface area (Å²) in [6.07, 6.45) is 0.129. The summed E-state index contributed by atoms with van der Waals surface area (Å²) in [4.78, 5) is 10.8. The van der Waals surface area contributed by atoms with Gasteiger partial charge >= 0.3 is 0 Å². The maximum Gasteiger partial charge on any atom is 0.219 e. The fraction of sp³-hybridized carbons (Fsp3) is 0.364. The Bertz CT molecular complexity index is 339. The zero-order valence-corrected chi connectivity index (χ0v) is 8.77. The van der Waals surface area contributed by atoms with Crippen molar-refractivity contribution in [2.75, 3.05) is 6.61 Å². The van der Waals surface area contributed by atoms with E-state index in [-0.39, 0.29) is 6.42 Å². The minimum absolute atomic E-state index is 0.129. The highest BCUT2D eigenvalue weighted by Crippen LogP contribution is 2.25. The van der Waals surface area contributed by atoms with Crippen LogP contribution in [0.2, 0.25) is 0 Å². The molecule has 0 heterocycles. The number of benzene rings is 1. The average molecular weight is 208 g/mol. The molecule has 0 aliphatic heterocycles. The molecule has 0 aliphatic rings. The molecule has 0 saturated heterocycles. The third-order valence-electron chi connectivity index (χ3n) is 2.04. The molecule has 0 spiro atoms. The van der Waals surface area contributed by atoms with E-state index < -0.39 is 11.9 Å². The second kappa shape index (κ2) is 5.36. The van der Waals surface area contributed by atoms with Gasteiger partial charge in [-0.15, -0.1) is 0 Å². The standard InChI is InChI=1S/C11H16N2O2/c1-2-15-10-6-4-3-5-8(10)9(12)7-11(13)14/h3-6,9H,2,7,12H2,1H3,(H2,13,14)/t9-/m0/s1. The number of para-hydroxylation sites is 1. The molecule has 4 heteroatoms. The molecule has 4 nitrogen and oxygen atoms in total. The number of primary amides is 1. The second-order valence-corrected chi connectivity index (χ2v) is 3.25. The fourth-order valence-electron chi connectivity index (χ4n) is 1.40. The molecule has 0 aliphatic carbocycles. The van der Waals surface area contributed by atoms with Gasteiger partial charge in [-0.05, 0) is 13.0 Å². The molecule has 15 heavy (non-hydrogen) atoms. The van der Waals surface area contributed by atoms with Crippen LogP contribution in [0.1, 0.15) is 24.9 Å². The predicted octanol–water partition coefficient (Wildman–Crippen LogP) is 0.960. The van der Waals surface area contributed by atoms with E-state index in [1.54, 1.807) is 0 Å². The second-order valence-electron chi connectivity index (χ2n) is 3.25. The number of hydrogen-bond acceptors (Lipinski definition) is 3. The number of rotatable bonds is 5. The predicted molar refractivity (Wildman–Crippen MR) is 58.4 cm³/mol. The summed E-state index contributed by atoms with van der Waals surface area (Å²) in [5.41, 5.74) is 11.8. The highest BCUT2D eigenvalue weighted by atomic mass is 16.5. The van der Waals surface area contributed by atoms with Gasteiger partial charge in [-0.2, -0.15) is 0 Å². The molecule has 1 aromatic rings. The molecule has 0 bridgehead atoms. The molecule has 4 N–H and O–H groups in total. The fourth-order valence-corrected chi connectivity index (χ4v) is 1.40. The van der Waals surface area contributed by atoms with Crippen molar-refractivity contribution in [2.24, 2.45) is 11.5 Å². The summed E-state index contributed by atoms with van der Waals surface area (Å²) in [6, 6.07) is 7.01.